The van der Waals surface area contributed by atoms with Gasteiger partial charge in [-0.3, -0.25) is 58.1 Å². The summed E-state index contributed by atoms with van der Waals surface area (Å²) in [6, 6.07) is 1.47. The summed E-state index contributed by atoms with van der Waals surface area (Å²) in [6.45, 7) is -1.42. The van der Waals surface area contributed by atoms with Gasteiger partial charge in [-0.1, -0.05) is 55.7 Å². The molecule has 3 fully saturated rings. The fraction of sp³-hybridized carbons (Fsp3) is 0.589. The zero-order valence-corrected chi connectivity index (χ0v) is 50.5. The van der Waals surface area contributed by atoms with Gasteiger partial charge in [0.05, 0.1) is 25.3 Å². The lowest BCUT2D eigenvalue weighted by Gasteiger charge is -2.38. The number of carbonyl (C=O) groups is 10. The summed E-state index contributed by atoms with van der Waals surface area (Å²) >= 11 is 1.25. The van der Waals surface area contributed by atoms with Crippen molar-refractivity contribution < 1.29 is 63.3 Å². The van der Waals surface area contributed by atoms with E-state index in [0.717, 1.165) is 11.3 Å². The molecule has 1 saturated carbocycles. The molecule has 9 amide bonds. The second kappa shape index (κ2) is 35.3. The second-order valence-corrected chi connectivity index (χ2v) is 23.2. The Morgan fingerprint density at radius 1 is 0.640 bits per heavy atom. The van der Waals surface area contributed by atoms with E-state index in [0.29, 0.717) is 36.1 Å². The molecular formula is C56H87N19O13S. The van der Waals surface area contributed by atoms with Crippen LogP contribution < -0.4 is 77.4 Å². The number of hydrogen-bond acceptors (Lipinski definition) is 17. The number of aliphatic hydroxyl groups excluding tert-OH is 2. The Labute approximate surface area is 518 Å². The first-order chi connectivity index (χ1) is 42.4. The van der Waals surface area contributed by atoms with Crippen LogP contribution in [-0.4, -0.2) is 208 Å². The number of aliphatic hydroxyl groups is 2. The Hall–Kier alpha value is -8.69. The first-order valence-electron chi connectivity index (χ1n) is 29.6. The molecule has 2 aromatic rings. The van der Waals surface area contributed by atoms with Gasteiger partial charge in [-0.2, -0.15) is 0 Å². The Morgan fingerprint density at radius 2 is 1.22 bits per heavy atom. The van der Waals surface area contributed by atoms with Gasteiger partial charge >= 0.3 is 5.97 Å². The number of likely N-dealkylation sites (tertiary alicyclic amines) is 2. The van der Waals surface area contributed by atoms with E-state index in [-0.39, 0.29) is 121 Å². The molecule has 490 valence electrons. The highest BCUT2D eigenvalue weighted by molar-refractivity contribution is 7.09. The molecule has 2 saturated heterocycles. The first-order valence-corrected chi connectivity index (χ1v) is 30.5. The second-order valence-electron chi connectivity index (χ2n) is 22.2. The topological polar surface area (TPSA) is 541 Å². The molecule has 0 radical (unpaired) electrons. The van der Waals surface area contributed by atoms with Gasteiger partial charge in [0, 0.05) is 56.9 Å². The van der Waals surface area contributed by atoms with Crippen molar-refractivity contribution in [2.24, 2.45) is 55.1 Å². The average Bonchev–Trinajstić information content (AvgIpc) is 2.22. The van der Waals surface area contributed by atoms with Gasteiger partial charge in [0.15, 0.2) is 17.9 Å². The van der Waals surface area contributed by atoms with Gasteiger partial charge in [-0.05, 0) is 81.2 Å². The van der Waals surface area contributed by atoms with Gasteiger partial charge in [0.2, 0.25) is 53.2 Å². The maximum absolute atomic E-state index is 14.5. The van der Waals surface area contributed by atoms with Crippen molar-refractivity contribution in [3.8, 4) is 0 Å². The molecule has 0 spiro atoms. The largest absolute Gasteiger partial charge is 0.480 e. The lowest BCUT2D eigenvalue weighted by Crippen LogP contribution is -2.65. The predicted octanol–water partition coefficient (Wildman–Crippen LogP) is -5.59. The minimum absolute atomic E-state index is 0.0263. The van der Waals surface area contributed by atoms with Crippen LogP contribution in [0.4, 0.5) is 0 Å². The number of carbonyl (C=O) groups excluding carboxylic acids is 9. The number of aliphatic imine (C=N–C) groups is 3. The van der Waals surface area contributed by atoms with Gasteiger partial charge in [-0.25, -0.2) is 4.79 Å². The van der Waals surface area contributed by atoms with E-state index in [4.69, 9.17) is 40.1 Å². The number of nitrogens with zero attached hydrogens (tertiary/aromatic N) is 5. The molecule has 3 aliphatic rings. The molecule has 33 heteroatoms. The molecule has 24 N–H and O–H groups in total. The van der Waals surface area contributed by atoms with Gasteiger partial charge < -0.3 is 102 Å². The van der Waals surface area contributed by atoms with Crippen LogP contribution in [0.15, 0.2) is 62.8 Å². The van der Waals surface area contributed by atoms with E-state index in [1.165, 1.54) is 16.2 Å². The van der Waals surface area contributed by atoms with Crippen molar-refractivity contribution in [1.29, 1.82) is 0 Å². The van der Waals surface area contributed by atoms with E-state index in [9.17, 15) is 63.3 Å². The molecule has 1 aromatic heterocycles. The standard InChI is InChI=1S/C56H87N19O13S/c57-35(15-7-21-64-53(58)59)44(79)69-36(16-8-22-65-54(60)61)49(84)74-24-10-18-41(74)50(85)75-30-33(77)27-42(75)48(83)67-29-43(78)68-39(28-34-14-11-25-89-34)45(80)71-40(31-76)46(81)70-38(26-32-12-3-1-4-13-32)47(82)73-56(19-5-2-6-20-56)52(88)72-37(51(86)87)17-9-23-66-55(62)63/h1,3-4,11-14,25,33,35-42,76-77H,2,5-10,15-24,26-31,57H2,(H,67,83)(H,68,78)(H,69,79)(H,70,81)(H,71,80)(H,72,88)(H,73,82)(H,86,87)(H4,58,59,64)(H4,60,61,65)(H4,62,63,66)/t33-,35-,36+,37+,38-,39+,40+,41+,42+/m1/s1. The lowest BCUT2D eigenvalue weighted by atomic mass is 9.80. The number of rotatable bonds is 34. The predicted molar refractivity (Wildman–Crippen MR) is 328 cm³/mol. The van der Waals surface area contributed by atoms with Gasteiger partial charge in [0.25, 0.3) is 0 Å². The number of guanidine groups is 3. The number of benzene rings is 1. The molecule has 1 aliphatic carbocycles. The molecule has 0 unspecified atom stereocenters. The number of thiophene rings is 1. The van der Waals surface area contributed by atoms with Crippen LogP contribution in [-0.2, 0) is 60.8 Å². The summed E-state index contributed by atoms with van der Waals surface area (Å²) < 4.78 is 0. The summed E-state index contributed by atoms with van der Waals surface area (Å²) in [7, 11) is 0. The molecule has 0 bridgehead atoms. The number of carboxylic acid groups (broad SMARTS) is 1. The third-order valence-electron chi connectivity index (χ3n) is 15.4. The van der Waals surface area contributed by atoms with E-state index < -0.39 is 132 Å². The molecule has 32 nitrogen and oxygen atoms in total. The molecule has 9 atom stereocenters. The summed E-state index contributed by atoms with van der Waals surface area (Å²) in [5, 5.41) is 51.4. The third-order valence-corrected chi connectivity index (χ3v) is 16.3. The zero-order chi connectivity index (χ0) is 65.2. The van der Waals surface area contributed by atoms with E-state index in [2.05, 4.69) is 52.2 Å². The molecular weight excluding hydrogens is 1180 g/mol. The normalized spacial score (nSPS) is 18.8. The molecule has 89 heavy (non-hydrogen) atoms. The third kappa shape index (κ3) is 22.4. The van der Waals surface area contributed by atoms with Crippen LogP contribution in [0.5, 0.6) is 0 Å². The van der Waals surface area contributed by atoms with Crippen molar-refractivity contribution in [2.45, 2.75) is 163 Å². The number of amides is 9. The smallest absolute Gasteiger partial charge is 0.326 e. The van der Waals surface area contributed by atoms with Crippen LogP contribution in [0.25, 0.3) is 0 Å². The Morgan fingerprint density at radius 3 is 1.82 bits per heavy atom. The molecule has 1 aromatic carbocycles. The number of β-amino-alcohol motifs (C(OH)–C–C–N with tert-alkyl or cyclic N) is 1. The Bertz CT molecular complexity index is 2830. The van der Waals surface area contributed by atoms with Crippen molar-refractivity contribution in [2.75, 3.05) is 45.9 Å². The van der Waals surface area contributed by atoms with Crippen molar-refractivity contribution in [3.05, 3.63) is 58.3 Å². The van der Waals surface area contributed by atoms with Crippen LogP contribution in [0.3, 0.4) is 0 Å². The Kier molecular flexibility index (Phi) is 28.2. The van der Waals surface area contributed by atoms with Crippen molar-refractivity contribution in [3.63, 3.8) is 0 Å². The van der Waals surface area contributed by atoms with Crippen LogP contribution in [0.2, 0.25) is 0 Å². The quantitative estimate of drug-likeness (QED) is 0.0176. The maximum Gasteiger partial charge on any atom is 0.326 e. The molecule has 5 rings (SSSR count). The van der Waals surface area contributed by atoms with Crippen molar-refractivity contribution in [1.82, 2.24) is 47.0 Å². The van der Waals surface area contributed by atoms with E-state index in [1.807, 2.05) is 0 Å². The highest BCUT2D eigenvalue weighted by Gasteiger charge is 2.47. The number of nitrogens with one attached hydrogen (secondary N) is 7. The monoisotopic (exact) mass is 1270 g/mol. The van der Waals surface area contributed by atoms with Gasteiger partial charge in [-0.15, -0.1) is 11.3 Å². The summed E-state index contributed by atoms with van der Waals surface area (Å²) in [6.07, 6.45) is 2.06. The number of hydrogen-bond donors (Lipinski definition) is 17. The van der Waals surface area contributed by atoms with E-state index in [1.54, 1.807) is 47.8 Å². The number of nitrogens with two attached hydrogens (primary N) is 7. The molecule has 3 heterocycles. The van der Waals surface area contributed by atoms with Crippen LogP contribution >= 0.6 is 11.3 Å². The fourth-order valence-electron chi connectivity index (χ4n) is 10.8. The average molecular weight is 1270 g/mol. The highest BCUT2D eigenvalue weighted by Crippen LogP contribution is 2.30. The minimum atomic E-state index is -1.71. The SMILES string of the molecule is NC(N)=NCCC[C@@H](N)C(=O)N[C@@H](CCCN=C(N)N)C(=O)N1CCC[C@H]1C(=O)N1C[C@H](O)C[C@H]1C(=O)NCC(=O)N[C@@H](Cc1cccs1)C(=O)N[C@@H](CO)C(=O)N[C@H](Cc1ccccc1)C(=O)NC1(C(=O)N[C@@H](CCCN=C(N)N)C(=O)O)CCCCC1. The van der Waals surface area contributed by atoms with Crippen LogP contribution in [0.1, 0.15) is 100 Å². The Balaban J connectivity index is 1.25. The van der Waals surface area contributed by atoms with Crippen molar-refractivity contribution >= 4 is 88.3 Å². The molecule has 2 aliphatic heterocycles. The minimum Gasteiger partial charge on any atom is -0.480 e. The van der Waals surface area contributed by atoms with E-state index >= 15 is 0 Å². The number of aliphatic carboxylic acids is 1. The highest BCUT2D eigenvalue weighted by atomic mass is 32.1. The van der Waals surface area contributed by atoms with Crippen LogP contribution in [0, 0.1) is 0 Å². The first kappa shape index (κ1) is 71.1. The lowest BCUT2D eigenvalue weighted by molar-refractivity contribution is -0.148. The summed E-state index contributed by atoms with van der Waals surface area (Å²) in [5.41, 5.74) is 37.7. The maximum atomic E-state index is 14.5. The zero-order valence-electron chi connectivity index (χ0n) is 49.7. The summed E-state index contributed by atoms with van der Waals surface area (Å²) in [5.74, 6) is -8.89. The summed E-state index contributed by atoms with van der Waals surface area (Å²) in [4.78, 5) is 154. The number of carboxylic acids is 1. The fourth-order valence-corrected chi connectivity index (χ4v) is 11.5. The van der Waals surface area contributed by atoms with Gasteiger partial charge in [0.1, 0.15) is 47.8 Å².